The molecule has 0 radical (unpaired) electrons. The molecule has 0 aromatic rings. The molecule has 1 amide bonds. The number of halogens is 3. The van der Waals surface area contributed by atoms with E-state index in [2.05, 4.69) is 15.0 Å². The molecular weight excluding hydrogens is 311 g/mol. The van der Waals surface area contributed by atoms with Gasteiger partial charge in [-0.25, -0.2) is 0 Å². The van der Waals surface area contributed by atoms with E-state index < -0.39 is 12.8 Å². The van der Waals surface area contributed by atoms with E-state index in [-0.39, 0.29) is 18.4 Å². The van der Waals surface area contributed by atoms with Crippen molar-refractivity contribution in [3.8, 4) is 0 Å². The Morgan fingerprint density at radius 1 is 1.22 bits per heavy atom. The lowest BCUT2D eigenvalue weighted by Crippen LogP contribution is -2.52. The molecule has 2 rings (SSSR count). The number of piperidine rings is 1. The fourth-order valence-corrected chi connectivity index (χ4v) is 3.09. The third-order valence-corrected chi connectivity index (χ3v) is 4.36. The number of nitrogens with one attached hydrogen (secondary N) is 1. The van der Waals surface area contributed by atoms with Crippen LogP contribution < -0.4 is 5.32 Å². The SMILES string of the molecule is O=C(C1CCCNC1)N1CCN(CCCOCC(F)(F)F)CC1. The topological polar surface area (TPSA) is 44.8 Å². The minimum absolute atomic E-state index is 0.103. The molecule has 0 spiro atoms. The van der Waals surface area contributed by atoms with Crippen LogP contribution in [0.5, 0.6) is 0 Å². The molecule has 0 bridgehead atoms. The van der Waals surface area contributed by atoms with Gasteiger partial charge in [-0.2, -0.15) is 13.2 Å². The number of nitrogens with zero attached hydrogens (tertiary/aromatic N) is 2. The number of ether oxygens (including phenoxy) is 1. The van der Waals surface area contributed by atoms with Crippen molar-refractivity contribution in [1.82, 2.24) is 15.1 Å². The highest BCUT2D eigenvalue weighted by atomic mass is 19.4. The van der Waals surface area contributed by atoms with Gasteiger partial charge in [0.25, 0.3) is 0 Å². The maximum Gasteiger partial charge on any atom is 0.411 e. The Hall–Kier alpha value is -0.860. The van der Waals surface area contributed by atoms with Gasteiger partial charge < -0.3 is 15.0 Å². The lowest BCUT2D eigenvalue weighted by molar-refractivity contribution is -0.174. The van der Waals surface area contributed by atoms with Crippen LogP contribution in [0.25, 0.3) is 0 Å². The normalized spacial score (nSPS) is 24.0. The van der Waals surface area contributed by atoms with Crippen molar-refractivity contribution in [1.29, 1.82) is 0 Å². The van der Waals surface area contributed by atoms with E-state index >= 15 is 0 Å². The first-order valence-electron chi connectivity index (χ1n) is 8.32. The van der Waals surface area contributed by atoms with Crippen molar-refractivity contribution in [2.75, 3.05) is 59.0 Å². The molecular formula is C15H26F3N3O2. The molecule has 1 unspecified atom stereocenters. The van der Waals surface area contributed by atoms with Crippen LogP contribution in [-0.2, 0) is 9.53 Å². The van der Waals surface area contributed by atoms with Crippen molar-refractivity contribution in [2.24, 2.45) is 5.92 Å². The predicted octanol–water partition coefficient (Wildman–Crippen LogP) is 1.10. The van der Waals surface area contributed by atoms with E-state index in [1.54, 1.807) is 0 Å². The number of alkyl halides is 3. The first kappa shape index (κ1) is 18.5. The summed E-state index contributed by atoms with van der Waals surface area (Å²) < 4.78 is 40.4. The molecule has 0 saturated carbocycles. The van der Waals surface area contributed by atoms with Crippen LogP contribution in [-0.4, -0.2) is 80.9 Å². The fraction of sp³-hybridized carbons (Fsp3) is 0.933. The number of carbonyl (C=O) groups excluding carboxylic acids is 1. The third-order valence-electron chi connectivity index (χ3n) is 4.36. The Morgan fingerprint density at radius 2 is 1.96 bits per heavy atom. The zero-order valence-electron chi connectivity index (χ0n) is 13.4. The minimum atomic E-state index is -4.25. The van der Waals surface area contributed by atoms with Gasteiger partial charge in [-0.1, -0.05) is 0 Å². The summed E-state index contributed by atoms with van der Waals surface area (Å²) in [5.74, 6) is 0.344. The van der Waals surface area contributed by atoms with Crippen LogP contribution in [0.15, 0.2) is 0 Å². The van der Waals surface area contributed by atoms with Crippen molar-refractivity contribution < 1.29 is 22.7 Å². The van der Waals surface area contributed by atoms with Gasteiger partial charge in [0.05, 0.1) is 5.92 Å². The van der Waals surface area contributed by atoms with Gasteiger partial charge in [-0.15, -0.1) is 0 Å². The molecule has 0 aliphatic carbocycles. The predicted molar refractivity (Wildman–Crippen MR) is 80.1 cm³/mol. The van der Waals surface area contributed by atoms with Gasteiger partial charge in [-0.3, -0.25) is 9.69 Å². The summed E-state index contributed by atoms with van der Waals surface area (Å²) >= 11 is 0. The van der Waals surface area contributed by atoms with Gasteiger partial charge in [0.15, 0.2) is 0 Å². The standard InChI is InChI=1S/C15H26F3N3O2/c16-15(17,18)12-23-10-2-5-20-6-8-21(9-7-20)14(22)13-3-1-4-19-11-13/h13,19H,1-12H2. The van der Waals surface area contributed by atoms with Gasteiger partial charge in [-0.05, 0) is 25.8 Å². The highest BCUT2D eigenvalue weighted by Crippen LogP contribution is 2.16. The summed E-state index contributed by atoms with van der Waals surface area (Å²) in [6.45, 7) is 4.40. The molecule has 0 aromatic heterocycles. The maximum absolute atomic E-state index is 12.4. The second-order valence-corrected chi connectivity index (χ2v) is 6.23. The Balaban J connectivity index is 1.57. The van der Waals surface area contributed by atoms with Crippen LogP contribution in [0.4, 0.5) is 13.2 Å². The molecule has 2 aliphatic rings. The van der Waals surface area contributed by atoms with Crippen LogP contribution in [0.2, 0.25) is 0 Å². The number of amides is 1. The number of carbonyl (C=O) groups is 1. The Labute approximate surface area is 135 Å². The number of hydrogen-bond donors (Lipinski definition) is 1. The molecule has 5 nitrogen and oxygen atoms in total. The first-order chi connectivity index (χ1) is 11.0. The number of piperazine rings is 1. The maximum atomic E-state index is 12.4. The lowest BCUT2D eigenvalue weighted by Gasteiger charge is -2.37. The second-order valence-electron chi connectivity index (χ2n) is 6.23. The van der Waals surface area contributed by atoms with Crippen molar-refractivity contribution >= 4 is 5.91 Å². The van der Waals surface area contributed by atoms with E-state index in [1.807, 2.05) is 4.90 Å². The second kappa shape index (κ2) is 8.84. The third kappa shape index (κ3) is 6.64. The monoisotopic (exact) mass is 337 g/mol. The van der Waals surface area contributed by atoms with E-state index in [0.29, 0.717) is 26.1 Å². The van der Waals surface area contributed by atoms with E-state index in [0.717, 1.165) is 39.0 Å². The molecule has 1 N–H and O–H groups in total. The smallest absolute Gasteiger partial charge is 0.372 e. The Bertz CT molecular complexity index is 365. The lowest BCUT2D eigenvalue weighted by atomic mass is 9.98. The van der Waals surface area contributed by atoms with E-state index in [4.69, 9.17) is 0 Å². The molecule has 2 heterocycles. The number of hydrogen-bond acceptors (Lipinski definition) is 4. The molecule has 8 heteroatoms. The van der Waals surface area contributed by atoms with Crippen molar-refractivity contribution in [2.45, 2.75) is 25.4 Å². The molecule has 2 fully saturated rings. The van der Waals surface area contributed by atoms with Crippen LogP contribution >= 0.6 is 0 Å². The summed E-state index contributed by atoms with van der Waals surface area (Å²) in [7, 11) is 0. The van der Waals surface area contributed by atoms with Crippen molar-refractivity contribution in [3.63, 3.8) is 0 Å². The van der Waals surface area contributed by atoms with Gasteiger partial charge in [0, 0.05) is 45.9 Å². The quantitative estimate of drug-likeness (QED) is 0.737. The summed E-state index contributed by atoms with van der Waals surface area (Å²) in [6, 6.07) is 0. The van der Waals surface area contributed by atoms with Gasteiger partial charge in [0.1, 0.15) is 6.61 Å². The summed E-state index contributed by atoms with van der Waals surface area (Å²) in [5, 5.41) is 3.26. The summed E-state index contributed by atoms with van der Waals surface area (Å²) in [4.78, 5) is 16.5. The highest BCUT2D eigenvalue weighted by Gasteiger charge is 2.29. The van der Waals surface area contributed by atoms with Crippen LogP contribution in [0, 0.1) is 5.92 Å². The van der Waals surface area contributed by atoms with Gasteiger partial charge >= 0.3 is 6.18 Å². The van der Waals surface area contributed by atoms with Gasteiger partial charge in [0.2, 0.25) is 5.91 Å². The minimum Gasteiger partial charge on any atom is -0.372 e. The number of rotatable bonds is 6. The van der Waals surface area contributed by atoms with E-state index in [9.17, 15) is 18.0 Å². The fourth-order valence-electron chi connectivity index (χ4n) is 3.09. The molecule has 23 heavy (non-hydrogen) atoms. The summed E-state index contributed by atoms with van der Waals surface area (Å²) in [5.41, 5.74) is 0. The highest BCUT2D eigenvalue weighted by molar-refractivity contribution is 5.79. The zero-order valence-corrected chi connectivity index (χ0v) is 13.4. The molecule has 134 valence electrons. The summed E-state index contributed by atoms with van der Waals surface area (Å²) in [6.07, 6.45) is -1.66. The molecule has 0 aromatic carbocycles. The van der Waals surface area contributed by atoms with Crippen LogP contribution in [0.1, 0.15) is 19.3 Å². The largest absolute Gasteiger partial charge is 0.411 e. The average Bonchev–Trinajstić information content (AvgIpc) is 2.54. The molecule has 2 saturated heterocycles. The molecule has 2 aliphatic heterocycles. The van der Waals surface area contributed by atoms with E-state index in [1.165, 1.54) is 0 Å². The Kier molecular flexibility index (Phi) is 7.10. The first-order valence-corrected chi connectivity index (χ1v) is 8.32. The van der Waals surface area contributed by atoms with Crippen molar-refractivity contribution in [3.05, 3.63) is 0 Å². The average molecular weight is 337 g/mol. The zero-order chi connectivity index (χ0) is 16.7. The van der Waals surface area contributed by atoms with Crippen LogP contribution in [0.3, 0.4) is 0 Å². The Morgan fingerprint density at radius 3 is 2.57 bits per heavy atom. The molecule has 1 atom stereocenters.